The zero-order chi connectivity index (χ0) is 30.3. The van der Waals surface area contributed by atoms with Crippen molar-refractivity contribution in [3.8, 4) is 0 Å². The lowest BCUT2D eigenvalue weighted by molar-refractivity contribution is -0.0364. The second-order valence-corrected chi connectivity index (χ2v) is 12.9. The van der Waals surface area contributed by atoms with Crippen LogP contribution in [-0.4, -0.2) is 108 Å². The molecule has 2 aromatic heterocycles. The molecule has 4 heterocycles. The van der Waals surface area contributed by atoms with Gasteiger partial charge in [-0.05, 0) is 25.0 Å². The van der Waals surface area contributed by atoms with Gasteiger partial charge in [-0.3, -0.25) is 9.47 Å². The van der Waals surface area contributed by atoms with Crippen LogP contribution in [0, 0.1) is 0 Å². The molecule has 0 saturated carbocycles. The van der Waals surface area contributed by atoms with E-state index in [2.05, 4.69) is 29.9 Å². The Balaban J connectivity index is 1.11. The Kier molecular flexibility index (Phi) is 8.10. The van der Waals surface area contributed by atoms with E-state index in [1.807, 2.05) is 43.3 Å². The molecule has 4 aromatic rings. The predicted molar refractivity (Wildman–Crippen MR) is 163 cm³/mol. The molecule has 15 heteroatoms. The van der Waals surface area contributed by atoms with Gasteiger partial charge in [-0.2, -0.15) is 0 Å². The van der Waals surface area contributed by atoms with Crippen molar-refractivity contribution in [3.05, 3.63) is 42.7 Å². The molecular formula is C28H37N9O5S. The minimum atomic E-state index is -3.74. The van der Waals surface area contributed by atoms with E-state index >= 15 is 0 Å². The van der Waals surface area contributed by atoms with Gasteiger partial charge >= 0.3 is 0 Å². The van der Waals surface area contributed by atoms with Gasteiger partial charge in [0.2, 0.25) is 16.0 Å². The van der Waals surface area contributed by atoms with Crippen LogP contribution in [0.25, 0.3) is 21.9 Å². The quantitative estimate of drug-likeness (QED) is 0.112. The molecule has 6 N–H and O–H groups in total. The Morgan fingerprint density at radius 2 is 1.79 bits per heavy atom. The smallest absolute Gasteiger partial charge is 0.241 e. The summed E-state index contributed by atoms with van der Waals surface area (Å²) < 4.78 is 36.9. The van der Waals surface area contributed by atoms with Crippen LogP contribution < -0.4 is 20.7 Å². The number of nitrogens with two attached hydrogens (primary N) is 1. The van der Waals surface area contributed by atoms with Crippen molar-refractivity contribution in [1.29, 1.82) is 0 Å². The molecule has 0 spiro atoms. The van der Waals surface area contributed by atoms with Crippen LogP contribution in [0.5, 0.6) is 0 Å². The number of aliphatic hydroxyl groups excluding tert-OH is 2. The summed E-state index contributed by atoms with van der Waals surface area (Å²) in [5, 5.41) is 26.3. The van der Waals surface area contributed by atoms with E-state index in [4.69, 9.17) is 10.5 Å². The van der Waals surface area contributed by atoms with Gasteiger partial charge in [0.05, 0.1) is 4.90 Å². The van der Waals surface area contributed by atoms with E-state index < -0.39 is 34.6 Å². The minimum absolute atomic E-state index is 0.182. The highest BCUT2D eigenvalue weighted by atomic mass is 32.2. The van der Waals surface area contributed by atoms with Gasteiger partial charge in [-0.1, -0.05) is 24.3 Å². The normalized spacial score (nSPS) is 22.4. The monoisotopic (exact) mass is 611 g/mol. The summed E-state index contributed by atoms with van der Waals surface area (Å²) in [5.41, 5.74) is 7.73. The third kappa shape index (κ3) is 5.83. The number of ether oxygens (including phenoxy) is 1. The second kappa shape index (κ2) is 11.8. The highest BCUT2D eigenvalue weighted by Gasteiger charge is 2.46. The van der Waals surface area contributed by atoms with Crippen LogP contribution in [0.15, 0.2) is 47.6 Å². The van der Waals surface area contributed by atoms with Crippen molar-refractivity contribution in [2.75, 3.05) is 62.8 Å². The molecular weight excluding hydrogens is 574 g/mol. The van der Waals surface area contributed by atoms with E-state index in [0.29, 0.717) is 48.4 Å². The summed E-state index contributed by atoms with van der Waals surface area (Å²) in [6.45, 7) is 3.09. The molecule has 0 radical (unpaired) electrons. The topological polar surface area (TPSA) is 184 Å². The number of aliphatic hydroxyl groups is 2. The molecule has 43 heavy (non-hydrogen) atoms. The van der Waals surface area contributed by atoms with Crippen LogP contribution >= 0.6 is 0 Å². The molecule has 0 unspecified atom stereocenters. The van der Waals surface area contributed by atoms with E-state index in [1.54, 1.807) is 16.7 Å². The third-order valence-corrected chi connectivity index (χ3v) is 9.40. The Bertz CT molecular complexity index is 1730. The fourth-order valence-corrected chi connectivity index (χ4v) is 6.81. The largest absolute Gasteiger partial charge is 0.387 e. The SMILES string of the molecule is CN(C)c1cccc2c(S(=O)(=O)NCCCCNc3nc4c(N)ncnc4n3[C@@H]3O[C@H](CN4CC4)[C@@H](O)[C@H]3O)cccc12. The summed E-state index contributed by atoms with van der Waals surface area (Å²) in [6.07, 6.45) is -1.27. The van der Waals surface area contributed by atoms with Crippen LogP contribution in [0.4, 0.5) is 17.5 Å². The van der Waals surface area contributed by atoms with Gasteiger partial charge in [0, 0.05) is 63.3 Å². The number of aromatic nitrogens is 4. The number of nitrogen functional groups attached to an aromatic ring is 1. The average molecular weight is 612 g/mol. The molecule has 4 atom stereocenters. The maximum absolute atomic E-state index is 13.2. The minimum Gasteiger partial charge on any atom is -0.387 e. The summed E-state index contributed by atoms with van der Waals surface area (Å²) >= 11 is 0. The van der Waals surface area contributed by atoms with Gasteiger partial charge in [0.1, 0.15) is 24.6 Å². The number of sulfonamides is 1. The number of fused-ring (bicyclic) bond motifs is 2. The zero-order valence-electron chi connectivity index (χ0n) is 24.1. The number of nitrogens with zero attached hydrogens (tertiary/aromatic N) is 6. The van der Waals surface area contributed by atoms with Gasteiger partial charge in [0.25, 0.3) is 0 Å². The number of hydrogen-bond acceptors (Lipinski definition) is 12. The van der Waals surface area contributed by atoms with Gasteiger partial charge in [0.15, 0.2) is 23.2 Å². The maximum Gasteiger partial charge on any atom is 0.241 e. The van der Waals surface area contributed by atoms with Crippen molar-refractivity contribution >= 4 is 49.4 Å². The molecule has 2 aliphatic heterocycles. The average Bonchev–Trinajstić information content (AvgIpc) is 3.67. The molecule has 14 nitrogen and oxygen atoms in total. The van der Waals surface area contributed by atoms with Crippen molar-refractivity contribution in [2.24, 2.45) is 0 Å². The first kappa shape index (κ1) is 29.5. The fraction of sp³-hybridized carbons (Fsp3) is 0.464. The zero-order valence-corrected chi connectivity index (χ0v) is 24.9. The molecule has 230 valence electrons. The van der Waals surface area contributed by atoms with Gasteiger partial charge < -0.3 is 30.9 Å². The summed E-state index contributed by atoms with van der Waals surface area (Å²) in [7, 11) is 0.118. The van der Waals surface area contributed by atoms with Crippen LogP contribution in [0.3, 0.4) is 0 Å². The molecule has 0 aliphatic carbocycles. The molecule has 2 aromatic carbocycles. The van der Waals surface area contributed by atoms with Crippen molar-refractivity contribution in [2.45, 2.75) is 42.3 Å². The molecule has 2 aliphatic rings. The number of imidazole rings is 1. The van der Waals surface area contributed by atoms with E-state index in [-0.39, 0.29) is 17.3 Å². The van der Waals surface area contributed by atoms with Crippen LogP contribution in [-0.2, 0) is 14.8 Å². The highest BCUT2D eigenvalue weighted by molar-refractivity contribution is 7.89. The van der Waals surface area contributed by atoms with Crippen LogP contribution in [0.1, 0.15) is 19.1 Å². The first-order valence-corrected chi connectivity index (χ1v) is 15.8. The number of rotatable bonds is 12. The predicted octanol–water partition coefficient (Wildman–Crippen LogP) is 0.733. The first-order chi connectivity index (χ1) is 20.7. The molecule has 0 amide bonds. The van der Waals surface area contributed by atoms with E-state index in [0.717, 1.165) is 24.2 Å². The van der Waals surface area contributed by atoms with Gasteiger partial charge in [-0.25, -0.2) is 28.1 Å². The Labute approximate surface area is 249 Å². The Morgan fingerprint density at radius 3 is 2.56 bits per heavy atom. The lowest BCUT2D eigenvalue weighted by Gasteiger charge is -2.20. The molecule has 0 bridgehead atoms. The number of hydrogen-bond donors (Lipinski definition) is 5. The Morgan fingerprint density at radius 1 is 1.05 bits per heavy atom. The highest BCUT2D eigenvalue weighted by Crippen LogP contribution is 2.36. The number of unbranched alkanes of at least 4 members (excludes halogenated alkanes) is 1. The third-order valence-electron chi connectivity index (χ3n) is 7.88. The van der Waals surface area contributed by atoms with E-state index in [9.17, 15) is 18.6 Å². The summed E-state index contributed by atoms with van der Waals surface area (Å²) in [4.78, 5) is 17.2. The van der Waals surface area contributed by atoms with Gasteiger partial charge in [-0.15, -0.1) is 0 Å². The maximum atomic E-state index is 13.2. The van der Waals surface area contributed by atoms with E-state index in [1.165, 1.54) is 6.33 Å². The van der Waals surface area contributed by atoms with Crippen molar-refractivity contribution in [1.82, 2.24) is 29.1 Å². The summed E-state index contributed by atoms with van der Waals surface area (Å²) in [6, 6.07) is 10.9. The standard InChI is InChI=1S/C28H37N9O5S/c1-35(2)19-9-5-8-18-17(19)7-6-10-21(18)43(40,41)33-12-4-3-11-30-28-34-22-25(29)31-16-32-26(22)37(28)27-24(39)23(38)20(42-27)15-36-13-14-36/h5-10,16,20,23-24,27,33,38-39H,3-4,11-15H2,1-2H3,(H,30,34)(H2,29,31,32)/t20-,23-,24-,27-/m1/s1. The molecule has 6 rings (SSSR count). The second-order valence-electron chi connectivity index (χ2n) is 11.1. The lowest BCUT2D eigenvalue weighted by Crippen LogP contribution is -2.35. The van der Waals surface area contributed by atoms with Crippen LogP contribution in [0.2, 0.25) is 0 Å². The number of nitrogens with one attached hydrogen (secondary N) is 2. The number of anilines is 3. The summed E-state index contributed by atoms with van der Waals surface area (Å²) in [5.74, 6) is 0.542. The molecule has 2 fully saturated rings. The first-order valence-electron chi connectivity index (χ1n) is 14.3. The van der Waals surface area contributed by atoms with Crippen molar-refractivity contribution < 1.29 is 23.4 Å². The number of benzene rings is 2. The lowest BCUT2D eigenvalue weighted by atomic mass is 10.1. The molecule has 2 saturated heterocycles. The fourth-order valence-electron chi connectivity index (χ4n) is 5.52. The Hall–Kier alpha value is -3.60. The van der Waals surface area contributed by atoms with Crippen molar-refractivity contribution in [3.63, 3.8) is 0 Å².